The van der Waals surface area contributed by atoms with Crippen molar-refractivity contribution < 1.29 is 9.84 Å². The van der Waals surface area contributed by atoms with Gasteiger partial charge in [0.2, 0.25) is 0 Å². The molecule has 0 fully saturated rings. The molecule has 28 heavy (non-hydrogen) atoms. The quantitative estimate of drug-likeness (QED) is 0.381. The lowest BCUT2D eigenvalue weighted by Crippen LogP contribution is -2.40. The lowest BCUT2D eigenvalue weighted by molar-refractivity contribution is 0.0536. The average molecular weight is 406 g/mol. The van der Waals surface area contributed by atoms with E-state index in [2.05, 4.69) is 16.5 Å². The summed E-state index contributed by atoms with van der Waals surface area (Å²) >= 11 is 1.67. The van der Waals surface area contributed by atoms with Crippen LogP contribution in [0, 0.1) is 0 Å². The molecule has 2 aromatic rings. The molecule has 7 heteroatoms. The predicted octanol–water partition coefficient (Wildman–Crippen LogP) is 3.03. The van der Waals surface area contributed by atoms with Crippen LogP contribution in [0.1, 0.15) is 48.9 Å². The van der Waals surface area contributed by atoms with Crippen molar-refractivity contribution in [3.8, 4) is 0 Å². The third kappa shape index (κ3) is 5.08. The van der Waals surface area contributed by atoms with E-state index < -0.39 is 5.60 Å². The van der Waals surface area contributed by atoms with Gasteiger partial charge in [0, 0.05) is 31.7 Å². The molecule has 3 rings (SSSR count). The highest BCUT2D eigenvalue weighted by Gasteiger charge is 2.23. The number of fused-ring (bicyclic) bond motifs is 3. The smallest absolute Gasteiger partial charge is 0.259 e. The van der Waals surface area contributed by atoms with Crippen molar-refractivity contribution in [1.82, 2.24) is 14.9 Å². The van der Waals surface area contributed by atoms with Gasteiger partial charge < -0.3 is 14.8 Å². The zero-order chi connectivity index (χ0) is 20.1. The number of aryl methyl sites for hydroxylation is 2. The summed E-state index contributed by atoms with van der Waals surface area (Å²) < 4.78 is 5.15. The largest absolute Gasteiger partial charge is 0.385 e. The van der Waals surface area contributed by atoms with E-state index in [1.165, 1.54) is 23.3 Å². The van der Waals surface area contributed by atoms with Crippen LogP contribution in [0.25, 0.3) is 10.2 Å². The molecule has 1 aliphatic carbocycles. The van der Waals surface area contributed by atoms with Crippen LogP contribution in [0.5, 0.6) is 0 Å². The van der Waals surface area contributed by atoms with Crippen LogP contribution in [0.3, 0.4) is 0 Å². The number of ether oxygens (including phenoxy) is 1. The van der Waals surface area contributed by atoms with Crippen molar-refractivity contribution >= 4 is 21.6 Å². The number of thiophene rings is 1. The zero-order valence-corrected chi connectivity index (χ0v) is 17.7. The second-order valence-electron chi connectivity index (χ2n) is 7.88. The number of aliphatic hydroxyl groups is 1. The Bertz CT molecular complexity index is 872. The number of nitrogens with zero attached hydrogens (tertiary/aromatic N) is 2. The molecule has 0 aromatic carbocycles. The maximum Gasteiger partial charge on any atom is 0.259 e. The molecule has 154 valence electrons. The van der Waals surface area contributed by atoms with E-state index >= 15 is 0 Å². The lowest BCUT2D eigenvalue weighted by Gasteiger charge is -2.29. The van der Waals surface area contributed by atoms with Crippen LogP contribution in [0.2, 0.25) is 0 Å². The monoisotopic (exact) mass is 405 g/mol. The number of rotatable bonds is 9. The average Bonchev–Trinajstić information content (AvgIpc) is 2.83. The topological polar surface area (TPSA) is 78.5 Å². The van der Waals surface area contributed by atoms with Crippen molar-refractivity contribution in [2.75, 3.05) is 26.8 Å². The van der Waals surface area contributed by atoms with Crippen LogP contribution in [0.4, 0.5) is 0 Å². The zero-order valence-electron chi connectivity index (χ0n) is 16.9. The molecule has 0 saturated heterocycles. The molecule has 0 saturated carbocycles. The normalized spacial score (nSPS) is 16.7. The van der Waals surface area contributed by atoms with Crippen molar-refractivity contribution in [2.45, 2.75) is 57.6 Å². The Kier molecular flexibility index (Phi) is 7.04. The molecule has 1 unspecified atom stereocenters. The summed E-state index contributed by atoms with van der Waals surface area (Å²) in [5.41, 5.74) is 0.175. The van der Waals surface area contributed by atoms with Crippen molar-refractivity contribution in [2.24, 2.45) is 0 Å². The van der Waals surface area contributed by atoms with E-state index in [-0.39, 0.29) is 5.56 Å². The lowest BCUT2D eigenvalue weighted by atomic mass is 10.1. The fourth-order valence-corrected chi connectivity index (χ4v) is 5.12. The molecular formula is C21H31N3O3S. The number of hydrogen-bond acceptors (Lipinski definition) is 6. The van der Waals surface area contributed by atoms with Gasteiger partial charge in [0.1, 0.15) is 10.7 Å². The maximum absolute atomic E-state index is 12.8. The molecule has 2 N–H and O–H groups in total. The van der Waals surface area contributed by atoms with Crippen LogP contribution in [-0.4, -0.2) is 52.4 Å². The fourth-order valence-electron chi connectivity index (χ4n) is 3.84. The summed E-state index contributed by atoms with van der Waals surface area (Å²) in [5, 5.41) is 11.2. The van der Waals surface area contributed by atoms with Crippen LogP contribution in [-0.2, 0) is 24.1 Å². The highest BCUT2D eigenvalue weighted by Crippen LogP contribution is 2.32. The van der Waals surface area contributed by atoms with Gasteiger partial charge in [-0.05, 0) is 44.6 Å². The Labute approximate surface area is 170 Å². The third-order valence-corrected chi connectivity index (χ3v) is 6.49. The number of methoxy groups -OCH3 is 1. The second kappa shape index (κ2) is 9.31. The van der Waals surface area contributed by atoms with E-state index in [0.29, 0.717) is 25.5 Å². The minimum atomic E-state index is -1.00. The molecular weight excluding hydrogens is 374 g/mol. The first kappa shape index (κ1) is 21.2. The highest BCUT2D eigenvalue weighted by atomic mass is 32.1. The first-order valence-electron chi connectivity index (χ1n) is 10.0. The van der Waals surface area contributed by atoms with Gasteiger partial charge in [0.05, 0.1) is 17.5 Å². The number of nitrogens with one attached hydrogen (secondary N) is 1. The molecule has 2 heterocycles. The summed E-state index contributed by atoms with van der Waals surface area (Å²) in [6, 6.07) is 0. The summed E-state index contributed by atoms with van der Waals surface area (Å²) in [7, 11) is 1.68. The Balaban J connectivity index is 1.86. The molecule has 0 amide bonds. The summed E-state index contributed by atoms with van der Waals surface area (Å²) in [4.78, 5) is 24.9. The third-order valence-electron chi connectivity index (χ3n) is 5.30. The van der Waals surface area contributed by atoms with Crippen molar-refractivity contribution in [3.63, 3.8) is 0 Å². The van der Waals surface area contributed by atoms with Crippen LogP contribution in [0.15, 0.2) is 17.4 Å². The van der Waals surface area contributed by atoms with E-state index in [0.717, 1.165) is 42.4 Å². The van der Waals surface area contributed by atoms with Gasteiger partial charge in [-0.2, -0.15) is 0 Å². The molecule has 6 nitrogen and oxygen atoms in total. The molecule has 0 radical (unpaired) electrons. The summed E-state index contributed by atoms with van der Waals surface area (Å²) in [6.45, 7) is 7.73. The molecule has 1 aliphatic rings. The summed E-state index contributed by atoms with van der Waals surface area (Å²) in [6.07, 6.45) is 7.97. The van der Waals surface area contributed by atoms with E-state index in [4.69, 9.17) is 9.72 Å². The van der Waals surface area contributed by atoms with Gasteiger partial charge in [-0.25, -0.2) is 4.98 Å². The Morgan fingerprint density at radius 3 is 2.93 bits per heavy atom. The SMILES string of the molecule is C=CC(C)(O)CN(CCCOC)Cc1nc2sc3c(c2c(=O)[nH]1)CCCCC3. The Morgan fingerprint density at radius 1 is 1.39 bits per heavy atom. The van der Waals surface area contributed by atoms with Crippen LogP contribution >= 0.6 is 11.3 Å². The first-order valence-corrected chi connectivity index (χ1v) is 10.9. The number of hydrogen-bond donors (Lipinski definition) is 2. The van der Waals surface area contributed by atoms with Gasteiger partial charge in [-0.15, -0.1) is 17.9 Å². The number of H-pyrrole nitrogens is 1. The molecule has 1 atom stereocenters. The number of aromatic nitrogens is 2. The predicted molar refractivity (Wildman–Crippen MR) is 114 cm³/mol. The van der Waals surface area contributed by atoms with Gasteiger partial charge in [0.15, 0.2) is 0 Å². The van der Waals surface area contributed by atoms with Gasteiger partial charge >= 0.3 is 0 Å². The van der Waals surface area contributed by atoms with Crippen LogP contribution < -0.4 is 5.56 Å². The van der Waals surface area contributed by atoms with Crippen molar-refractivity contribution in [3.05, 3.63) is 39.3 Å². The van der Waals surface area contributed by atoms with E-state index in [1.54, 1.807) is 31.4 Å². The number of aromatic amines is 1. The Hall–Kier alpha value is -1.54. The molecule has 0 spiro atoms. The minimum Gasteiger partial charge on any atom is -0.385 e. The van der Waals surface area contributed by atoms with E-state index in [1.807, 2.05) is 0 Å². The summed E-state index contributed by atoms with van der Waals surface area (Å²) in [5.74, 6) is 0.645. The molecule has 0 bridgehead atoms. The van der Waals surface area contributed by atoms with Gasteiger partial charge in [0.25, 0.3) is 5.56 Å². The fraction of sp³-hybridized carbons (Fsp3) is 0.619. The second-order valence-corrected chi connectivity index (χ2v) is 8.96. The minimum absolute atomic E-state index is 0.0354. The van der Waals surface area contributed by atoms with Gasteiger partial charge in [-0.3, -0.25) is 9.69 Å². The molecule has 2 aromatic heterocycles. The van der Waals surface area contributed by atoms with Crippen molar-refractivity contribution in [1.29, 1.82) is 0 Å². The first-order chi connectivity index (χ1) is 13.4. The molecule has 0 aliphatic heterocycles. The Morgan fingerprint density at radius 2 is 2.18 bits per heavy atom. The van der Waals surface area contributed by atoms with E-state index in [9.17, 15) is 9.90 Å². The maximum atomic E-state index is 12.8. The standard InChI is InChI=1S/C21H31N3O3S/c1-4-21(2,26)14-24(11-8-12-27-3)13-17-22-19(25)18-15-9-6-5-7-10-16(15)28-20(18)23-17/h4,26H,1,5-14H2,2-3H3,(H,22,23,25). The highest BCUT2D eigenvalue weighted by molar-refractivity contribution is 7.18. The van der Waals surface area contributed by atoms with Gasteiger partial charge in [-0.1, -0.05) is 12.5 Å².